The van der Waals surface area contributed by atoms with Crippen molar-refractivity contribution in [2.75, 3.05) is 6.54 Å². The predicted octanol–water partition coefficient (Wildman–Crippen LogP) is 6.47. The first-order valence-electron chi connectivity index (χ1n) is 13.9. The molecular formula is C28H43I3N2O4. The maximum Gasteiger partial charge on any atom is 0.285 e. The van der Waals surface area contributed by atoms with Crippen molar-refractivity contribution >= 4 is 91.2 Å². The molecule has 2 N–H and O–H groups in total. The van der Waals surface area contributed by atoms with Crippen LogP contribution in [-0.2, 0) is 19.2 Å². The molecule has 4 rings (SSSR count). The molecule has 1 heterocycles. The number of nitrogens with zero attached hydrogens (tertiary/aromatic N) is 1. The van der Waals surface area contributed by atoms with Gasteiger partial charge in [-0.15, -0.1) is 0 Å². The molecule has 0 aromatic carbocycles. The number of carbonyl (C=O) groups is 4. The van der Waals surface area contributed by atoms with Gasteiger partial charge in [-0.2, -0.15) is 0 Å². The summed E-state index contributed by atoms with van der Waals surface area (Å²) in [5.74, 6) is -0.917. The number of hydrogen-bond donors (Lipinski definition) is 1. The van der Waals surface area contributed by atoms with Gasteiger partial charge in [-0.05, 0) is 55.3 Å². The topological polar surface area (TPSA) is 97.5 Å². The number of ketones is 2. The Morgan fingerprint density at radius 1 is 1.00 bits per heavy atom. The van der Waals surface area contributed by atoms with E-state index in [-0.39, 0.29) is 35.4 Å². The van der Waals surface area contributed by atoms with Crippen LogP contribution in [0, 0.1) is 40.9 Å². The molecule has 0 radical (unpaired) electrons. The Labute approximate surface area is 263 Å². The average molecular weight is 852 g/mol. The second-order valence-electron chi connectivity index (χ2n) is 12.5. The Balaban J connectivity index is 0.000000695. The number of amides is 2. The minimum absolute atomic E-state index is 0.0316. The number of hydrogen-bond acceptors (Lipinski definition) is 4. The molecule has 6 nitrogen and oxygen atoms in total. The number of carbonyl (C=O) groups excluding carboxylic acids is 4. The lowest BCUT2D eigenvalue weighted by Gasteiger charge is -2.36. The van der Waals surface area contributed by atoms with E-state index < -0.39 is 23.7 Å². The van der Waals surface area contributed by atoms with E-state index in [9.17, 15) is 19.2 Å². The largest absolute Gasteiger partial charge is 0.363 e. The Kier molecular flexibility index (Phi) is 11.2. The third-order valence-corrected chi connectivity index (χ3v) is 9.47. The van der Waals surface area contributed by atoms with Crippen molar-refractivity contribution < 1.29 is 19.2 Å². The van der Waals surface area contributed by atoms with Gasteiger partial charge in [0.1, 0.15) is -0.565 Å². The minimum atomic E-state index is -0.947. The molecule has 5 atom stereocenters. The quantitative estimate of drug-likeness (QED) is 0.164. The number of rotatable bonds is 9. The highest BCUT2D eigenvalue weighted by molar-refractivity contribution is 14.3. The summed E-state index contributed by atoms with van der Waals surface area (Å²) in [6.07, 6.45) is 9.61. The molecule has 4 fully saturated rings. The SMILES string of the molecule is CC(I)(I)I.C[C@H](C(=O)N1CC2C([C@H]1C(=O)CC(CC1CCC1)C(=O)C(N)=O)C2(C)C)C1CCCCC1. The summed E-state index contributed by atoms with van der Waals surface area (Å²) in [5.41, 5.74) is 5.36. The highest BCUT2D eigenvalue weighted by Crippen LogP contribution is 2.65. The van der Waals surface area contributed by atoms with Crippen molar-refractivity contribution in [1.82, 2.24) is 4.90 Å². The zero-order chi connectivity index (χ0) is 27.7. The monoisotopic (exact) mass is 852 g/mol. The molecule has 0 bridgehead atoms. The molecular weight excluding hydrogens is 809 g/mol. The van der Waals surface area contributed by atoms with Crippen molar-refractivity contribution in [1.29, 1.82) is 0 Å². The standard InChI is InChI=1S/C26H40N2O4.C2H3I3/c1-15(17-10-5-4-6-11-17)25(32)28-14-19-21(26(19,2)3)22(28)20(29)13-18(23(30)24(27)31)12-16-8-7-9-16;1-2(3,4)5/h15-19,21-22H,4-14H2,1-3H3,(H2,27,31);1H3/t15-,18?,19?,21?,22+;/m0./s1. The minimum Gasteiger partial charge on any atom is -0.363 e. The number of fused-ring (bicyclic) bond motifs is 1. The zero-order valence-electron chi connectivity index (χ0n) is 22.6. The molecule has 0 spiro atoms. The summed E-state index contributed by atoms with van der Waals surface area (Å²) in [6.45, 7) is 9.17. The molecule has 3 unspecified atom stereocenters. The molecule has 4 aliphatic rings. The van der Waals surface area contributed by atoms with Crippen LogP contribution in [0.3, 0.4) is 0 Å². The van der Waals surface area contributed by atoms with Crippen molar-refractivity contribution in [3.05, 3.63) is 0 Å². The molecule has 0 aromatic heterocycles. The van der Waals surface area contributed by atoms with Crippen molar-refractivity contribution in [2.24, 2.45) is 46.7 Å². The molecule has 2 amide bonds. The number of likely N-dealkylation sites (tertiary alicyclic amines) is 1. The van der Waals surface area contributed by atoms with Crippen molar-refractivity contribution in [3.63, 3.8) is 0 Å². The normalized spacial score (nSPS) is 28.7. The Hall–Kier alpha value is 0.470. The summed E-state index contributed by atoms with van der Waals surface area (Å²) in [6, 6.07) is -0.460. The molecule has 1 saturated heterocycles. The van der Waals surface area contributed by atoms with Gasteiger partial charge in [0.15, 0.2) is 5.78 Å². The average Bonchev–Trinajstić information content (AvgIpc) is 3.12. The first-order chi connectivity index (χ1) is 17.1. The van der Waals surface area contributed by atoms with Crippen LogP contribution in [0.15, 0.2) is 0 Å². The highest BCUT2D eigenvalue weighted by atomic mass is 127. The van der Waals surface area contributed by atoms with Gasteiger partial charge in [0.05, 0.1) is 6.04 Å². The van der Waals surface area contributed by atoms with E-state index in [0.717, 1.165) is 32.1 Å². The number of Topliss-reactive ketones (excluding diaryl/α,β-unsaturated/α-hetero) is 2. The second-order valence-corrected chi connectivity index (χ2v) is 25.2. The number of alkyl halides is 3. The third-order valence-electron chi connectivity index (χ3n) is 9.47. The molecule has 3 aliphatic carbocycles. The van der Waals surface area contributed by atoms with Gasteiger partial charge in [-0.3, -0.25) is 19.2 Å². The molecule has 37 heavy (non-hydrogen) atoms. The maximum absolute atomic E-state index is 13.6. The molecule has 9 heteroatoms. The summed E-state index contributed by atoms with van der Waals surface area (Å²) < 4.78 is 0.410. The molecule has 210 valence electrons. The van der Waals surface area contributed by atoms with Gasteiger partial charge >= 0.3 is 0 Å². The van der Waals surface area contributed by atoms with Gasteiger partial charge in [0, 0.05) is 24.8 Å². The van der Waals surface area contributed by atoms with Gasteiger partial charge in [0.25, 0.3) is 5.91 Å². The predicted molar refractivity (Wildman–Crippen MR) is 172 cm³/mol. The molecule has 1 aliphatic heterocycles. The Morgan fingerprint density at radius 2 is 1.57 bits per heavy atom. The molecule has 0 aromatic rings. The maximum atomic E-state index is 13.6. The van der Waals surface area contributed by atoms with Crippen LogP contribution in [0.1, 0.15) is 91.9 Å². The van der Waals surface area contributed by atoms with E-state index in [0.29, 0.717) is 30.2 Å². The summed E-state index contributed by atoms with van der Waals surface area (Å²) in [5, 5.41) is 0. The van der Waals surface area contributed by atoms with Gasteiger partial charge < -0.3 is 10.6 Å². The lowest BCUT2D eigenvalue weighted by Crippen LogP contribution is -2.49. The summed E-state index contributed by atoms with van der Waals surface area (Å²) in [4.78, 5) is 53.1. The molecule has 3 saturated carbocycles. The smallest absolute Gasteiger partial charge is 0.285 e. The lowest BCUT2D eigenvalue weighted by molar-refractivity contribution is -0.145. The van der Waals surface area contributed by atoms with Gasteiger partial charge in [0.2, 0.25) is 11.7 Å². The van der Waals surface area contributed by atoms with Crippen LogP contribution >= 0.6 is 67.8 Å². The van der Waals surface area contributed by atoms with Crippen LogP contribution in [0.2, 0.25) is 0 Å². The highest BCUT2D eigenvalue weighted by Gasteiger charge is 2.69. The fourth-order valence-corrected chi connectivity index (χ4v) is 6.96. The van der Waals surface area contributed by atoms with E-state index >= 15 is 0 Å². The number of primary amides is 1. The Morgan fingerprint density at radius 3 is 2.05 bits per heavy atom. The fourth-order valence-electron chi connectivity index (χ4n) is 6.96. The number of nitrogens with two attached hydrogens (primary N) is 1. The summed E-state index contributed by atoms with van der Waals surface area (Å²) in [7, 11) is 0. The van der Waals surface area contributed by atoms with E-state index in [2.05, 4.69) is 88.5 Å². The van der Waals surface area contributed by atoms with Crippen LogP contribution in [-0.4, -0.2) is 40.3 Å². The van der Waals surface area contributed by atoms with Crippen LogP contribution in [0.4, 0.5) is 0 Å². The third kappa shape index (κ3) is 8.25. The van der Waals surface area contributed by atoms with E-state index in [4.69, 9.17) is 5.73 Å². The number of halogens is 3. The fraction of sp³-hybridized carbons (Fsp3) is 0.857. The van der Waals surface area contributed by atoms with E-state index in [1.807, 2.05) is 11.8 Å². The van der Waals surface area contributed by atoms with E-state index in [1.165, 1.54) is 19.3 Å². The first-order valence-corrected chi connectivity index (χ1v) is 17.1. The first kappa shape index (κ1) is 32.0. The number of piperidine rings is 1. The van der Waals surface area contributed by atoms with Crippen molar-refractivity contribution in [2.45, 2.75) is 97.4 Å². The Bertz CT molecular complexity index is 871. The van der Waals surface area contributed by atoms with Crippen molar-refractivity contribution in [3.8, 4) is 0 Å². The van der Waals surface area contributed by atoms with Crippen LogP contribution in [0.5, 0.6) is 0 Å². The lowest BCUT2D eigenvalue weighted by atomic mass is 9.76. The van der Waals surface area contributed by atoms with Gasteiger partial charge in [-0.1, -0.05) is 127 Å². The van der Waals surface area contributed by atoms with Crippen LogP contribution in [0.25, 0.3) is 0 Å². The van der Waals surface area contributed by atoms with Crippen LogP contribution < -0.4 is 5.73 Å². The van der Waals surface area contributed by atoms with E-state index in [1.54, 1.807) is 0 Å². The zero-order valence-corrected chi connectivity index (χ0v) is 29.1. The van der Waals surface area contributed by atoms with Gasteiger partial charge in [-0.25, -0.2) is 0 Å². The second kappa shape index (κ2) is 13.0. The summed E-state index contributed by atoms with van der Waals surface area (Å²) >= 11 is 7.05.